The third-order valence-corrected chi connectivity index (χ3v) is 5.19. The van der Waals surface area contributed by atoms with Crippen molar-refractivity contribution in [2.45, 2.75) is 6.42 Å². The maximum atomic E-state index is 12.2. The number of hydrogen-bond acceptors (Lipinski definition) is 5. The van der Waals surface area contributed by atoms with Gasteiger partial charge in [0.25, 0.3) is 5.91 Å². The molecule has 144 valence electrons. The minimum Gasteiger partial charge on any atom is -0.378 e. The lowest BCUT2D eigenvalue weighted by molar-refractivity contribution is -0.121. The number of carbonyl (C=O) groups is 2. The molecule has 0 spiro atoms. The van der Waals surface area contributed by atoms with Gasteiger partial charge in [0, 0.05) is 36.3 Å². The van der Waals surface area contributed by atoms with Crippen LogP contribution in [-0.4, -0.2) is 30.9 Å². The van der Waals surface area contributed by atoms with Crippen LogP contribution in [0, 0.1) is 0 Å². The molecule has 0 radical (unpaired) electrons. The second-order valence-electron chi connectivity index (χ2n) is 6.25. The van der Waals surface area contributed by atoms with Gasteiger partial charge in [0.15, 0.2) is 0 Å². The number of benzene rings is 2. The van der Waals surface area contributed by atoms with Gasteiger partial charge in [-0.1, -0.05) is 35.9 Å². The Morgan fingerprint density at radius 1 is 1.11 bits per heavy atom. The first kappa shape index (κ1) is 19.9. The standard InChI is InChI=1S/C20H19ClN4O2S/c1-25(2)15-7-5-6-13(10-15)19(27)24-23-18(26)11-14-12-28-20(22-14)16-8-3-4-9-17(16)21/h3-10,12H,11H2,1-2H3,(H,23,26)(H,24,27). The third kappa shape index (κ3) is 4.88. The smallest absolute Gasteiger partial charge is 0.269 e. The molecule has 3 rings (SSSR count). The molecule has 1 aromatic heterocycles. The monoisotopic (exact) mass is 414 g/mol. The number of halogens is 1. The minimum atomic E-state index is -0.382. The molecule has 28 heavy (non-hydrogen) atoms. The Balaban J connectivity index is 1.57. The van der Waals surface area contributed by atoms with Gasteiger partial charge in [-0.15, -0.1) is 11.3 Å². The van der Waals surface area contributed by atoms with E-state index >= 15 is 0 Å². The number of thiazole rings is 1. The van der Waals surface area contributed by atoms with E-state index in [1.54, 1.807) is 29.6 Å². The highest BCUT2D eigenvalue weighted by molar-refractivity contribution is 7.13. The maximum absolute atomic E-state index is 12.2. The Kier molecular flexibility index (Phi) is 6.28. The number of hydrogen-bond donors (Lipinski definition) is 2. The van der Waals surface area contributed by atoms with Gasteiger partial charge in [-0.2, -0.15) is 0 Å². The van der Waals surface area contributed by atoms with Crippen LogP contribution < -0.4 is 15.8 Å². The lowest BCUT2D eigenvalue weighted by atomic mass is 10.2. The van der Waals surface area contributed by atoms with Crippen molar-refractivity contribution in [2.75, 3.05) is 19.0 Å². The van der Waals surface area contributed by atoms with Gasteiger partial charge in [0.1, 0.15) is 5.01 Å². The largest absolute Gasteiger partial charge is 0.378 e. The van der Waals surface area contributed by atoms with Crippen LogP contribution in [0.4, 0.5) is 5.69 Å². The van der Waals surface area contributed by atoms with E-state index in [1.807, 2.05) is 43.3 Å². The van der Waals surface area contributed by atoms with Gasteiger partial charge in [-0.05, 0) is 24.3 Å². The van der Waals surface area contributed by atoms with E-state index < -0.39 is 0 Å². The maximum Gasteiger partial charge on any atom is 0.269 e. The number of nitrogens with one attached hydrogen (secondary N) is 2. The molecule has 8 heteroatoms. The Bertz CT molecular complexity index is 1000. The molecule has 0 unspecified atom stereocenters. The van der Waals surface area contributed by atoms with Crippen molar-refractivity contribution in [1.29, 1.82) is 0 Å². The molecule has 0 aliphatic rings. The van der Waals surface area contributed by atoms with Gasteiger partial charge in [0.2, 0.25) is 5.91 Å². The topological polar surface area (TPSA) is 74.3 Å². The zero-order chi connectivity index (χ0) is 20.1. The zero-order valence-corrected chi connectivity index (χ0v) is 17.0. The Labute approximate surface area is 172 Å². The number of anilines is 1. The van der Waals surface area contributed by atoms with Crippen LogP contribution >= 0.6 is 22.9 Å². The van der Waals surface area contributed by atoms with Crippen molar-refractivity contribution in [3.63, 3.8) is 0 Å². The summed E-state index contributed by atoms with van der Waals surface area (Å²) >= 11 is 7.60. The molecule has 0 saturated carbocycles. The minimum absolute atomic E-state index is 0.0545. The first-order chi connectivity index (χ1) is 13.4. The quantitative estimate of drug-likeness (QED) is 0.626. The summed E-state index contributed by atoms with van der Waals surface area (Å²) in [6, 6.07) is 14.5. The molecule has 6 nitrogen and oxygen atoms in total. The third-order valence-electron chi connectivity index (χ3n) is 3.94. The van der Waals surface area contributed by atoms with Crippen LogP contribution in [-0.2, 0) is 11.2 Å². The van der Waals surface area contributed by atoms with E-state index in [0.717, 1.165) is 16.3 Å². The molecule has 2 amide bonds. The van der Waals surface area contributed by atoms with Crippen molar-refractivity contribution in [2.24, 2.45) is 0 Å². The van der Waals surface area contributed by atoms with E-state index in [2.05, 4.69) is 15.8 Å². The van der Waals surface area contributed by atoms with E-state index in [-0.39, 0.29) is 18.2 Å². The molecule has 0 bridgehead atoms. The highest BCUT2D eigenvalue weighted by Crippen LogP contribution is 2.30. The molecule has 0 atom stereocenters. The molecule has 1 heterocycles. The molecule has 2 N–H and O–H groups in total. The summed E-state index contributed by atoms with van der Waals surface area (Å²) in [4.78, 5) is 30.7. The average molecular weight is 415 g/mol. The van der Waals surface area contributed by atoms with Crippen LogP contribution in [0.15, 0.2) is 53.9 Å². The van der Waals surface area contributed by atoms with Crippen LogP contribution in [0.25, 0.3) is 10.6 Å². The van der Waals surface area contributed by atoms with E-state index in [9.17, 15) is 9.59 Å². The van der Waals surface area contributed by atoms with E-state index in [1.165, 1.54) is 11.3 Å². The number of rotatable bonds is 5. The average Bonchev–Trinajstić information content (AvgIpc) is 3.14. The SMILES string of the molecule is CN(C)c1cccc(C(=O)NNC(=O)Cc2csc(-c3ccccc3Cl)n2)c1. The lowest BCUT2D eigenvalue weighted by Crippen LogP contribution is -2.42. The van der Waals surface area contributed by atoms with Gasteiger partial charge in [0.05, 0.1) is 17.1 Å². The number of nitrogens with zero attached hydrogens (tertiary/aromatic N) is 2. The van der Waals surface area contributed by atoms with Gasteiger partial charge >= 0.3 is 0 Å². The molecule has 0 aliphatic carbocycles. The fraction of sp³-hybridized carbons (Fsp3) is 0.150. The number of amides is 2. The fourth-order valence-electron chi connectivity index (χ4n) is 2.48. The van der Waals surface area contributed by atoms with E-state index in [0.29, 0.717) is 16.3 Å². The summed E-state index contributed by atoms with van der Waals surface area (Å²) in [5.74, 6) is -0.736. The summed E-state index contributed by atoms with van der Waals surface area (Å²) in [6.07, 6.45) is 0.0545. The number of hydrazine groups is 1. The number of carbonyl (C=O) groups excluding carboxylic acids is 2. The highest BCUT2D eigenvalue weighted by atomic mass is 35.5. The van der Waals surface area contributed by atoms with Crippen molar-refractivity contribution in [1.82, 2.24) is 15.8 Å². The summed E-state index contributed by atoms with van der Waals surface area (Å²) < 4.78 is 0. The molecular weight excluding hydrogens is 396 g/mol. The Hall–Kier alpha value is -2.90. The van der Waals surface area contributed by atoms with Crippen LogP contribution in [0.3, 0.4) is 0 Å². The van der Waals surface area contributed by atoms with Crippen LogP contribution in [0.2, 0.25) is 5.02 Å². The predicted molar refractivity (Wildman–Crippen MR) is 113 cm³/mol. The molecule has 0 fully saturated rings. The van der Waals surface area contributed by atoms with E-state index in [4.69, 9.17) is 11.6 Å². The first-order valence-electron chi connectivity index (χ1n) is 8.50. The van der Waals surface area contributed by atoms with Crippen molar-refractivity contribution >= 4 is 40.4 Å². The van der Waals surface area contributed by atoms with Crippen molar-refractivity contribution in [3.8, 4) is 10.6 Å². The molecule has 0 aliphatic heterocycles. The van der Waals surface area contributed by atoms with Gasteiger partial charge in [-0.3, -0.25) is 20.4 Å². The predicted octanol–water partition coefficient (Wildman–Crippen LogP) is 3.53. The Morgan fingerprint density at radius 2 is 1.89 bits per heavy atom. The zero-order valence-electron chi connectivity index (χ0n) is 15.4. The molecule has 3 aromatic rings. The highest BCUT2D eigenvalue weighted by Gasteiger charge is 2.12. The second kappa shape index (κ2) is 8.86. The first-order valence-corrected chi connectivity index (χ1v) is 9.75. The van der Waals surface area contributed by atoms with Gasteiger partial charge in [-0.25, -0.2) is 4.98 Å². The normalized spacial score (nSPS) is 10.4. The summed E-state index contributed by atoms with van der Waals surface area (Å²) in [6.45, 7) is 0. The second-order valence-corrected chi connectivity index (χ2v) is 7.51. The Morgan fingerprint density at radius 3 is 2.64 bits per heavy atom. The van der Waals surface area contributed by atoms with Gasteiger partial charge < -0.3 is 4.90 Å². The molecular formula is C20H19ClN4O2S. The molecule has 2 aromatic carbocycles. The van der Waals surface area contributed by atoms with Crippen molar-refractivity contribution < 1.29 is 9.59 Å². The summed E-state index contributed by atoms with van der Waals surface area (Å²) in [7, 11) is 3.78. The summed E-state index contributed by atoms with van der Waals surface area (Å²) in [5.41, 5.74) is 7.65. The van der Waals surface area contributed by atoms with Crippen LogP contribution in [0.1, 0.15) is 16.1 Å². The lowest BCUT2D eigenvalue weighted by Gasteiger charge is -2.13. The summed E-state index contributed by atoms with van der Waals surface area (Å²) in [5, 5.41) is 3.17. The van der Waals surface area contributed by atoms with Crippen molar-refractivity contribution in [3.05, 3.63) is 70.2 Å². The molecule has 0 saturated heterocycles. The fourth-order valence-corrected chi connectivity index (χ4v) is 3.62. The number of aromatic nitrogens is 1. The van der Waals surface area contributed by atoms with Crippen LogP contribution in [0.5, 0.6) is 0 Å².